The summed E-state index contributed by atoms with van der Waals surface area (Å²) in [6.07, 6.45) is 1.41. The van der Waals surface area contributed by atoms with Gasteiger partial charge in [0.2, 0.25) is 0 Å². The van der Waals surface area contributed by atoms with Gasteiger partial charge in [-0.15, -0.1) is 0 Å². The molecule has 0 fully saturated rings. The average Bonchev–Trinajstić information content (AvgIpc) is 2.38. The molecule has 0 unspecified atom stereocenters. The van der Waals surface area contributed by atoms with E-state index in [1.54, 1.807) is 17.0 Å². The van der Waals surface area contributed by atoms with Crippen LogP contribution in [0.3, 0.4) is 0 Å². The van der Waals surface area contributed by atoms with Crippen LogP contribution in [-0.4, -0.2) is 17.0 Å². The lowest BCUT2D eigenvalue weighted by Gasteiger charge is -2.21. The third-order valence-corrected chi connectivity index (χ3v) is 2.71. The maximum atomic E-state index is 13.2. The molecular formula is C12H14FN5. The molecule has 94 valence electrons. The largest absolute Gasteiger partial charge is 0.329 e. The lowest BCUT2D eigenvalue weighted by atomic mass is 10.2. The van der Waals surface area contributed by atoms with E-state index >= 15 is 0 Å². The van der Waals surface area contributed by atoms with E-state index in [1.165, 1.54) is 18.5 Å². The van der Waals surface area contributed by atoms with E-state index in [9.17, 15) is 4.39 Å². The third kappa shape index (κ3) is 2.23. The van der Waals surface area contributed by atoms with Crippen LogP contribution in [0, 0.1) is 12.7 Å². The summed E-state index contributed by atoms with van der Waals surface area (Å²) in [5.41, 5.74) is 4.01. The number of anilines is 3. The molecule has 0 spiro atoms. The zero-order valence-corrected chi connectivity index (χ0v) is 10.2. The molecule has 3 N–H and O–H groups in total. The zero-order valence-electron chi connectivity index (χ0n) is 10.2. The van der Waals surface area contributed by atoms with Gasteiger partial charge >= 0.3 is 0 Å². The van der Waals surface area contributed by atoms with Crippen molar-refractivity contribution in [3.63, 3.8) is 0 Å². The molecule has 1 aromatic carbocycles. The van der Waals surface area contributed by atoms with Crippen molar-refractivity contribution in [3.05, 3.63) is 42.0 Å². The van der Waals surface area contributed by atoms with Crippen LogP contribution in [0.2, 0.25) is 0 Å². The fraction of sp³-hybridized carbons (Fsp3) is 0.167. The molecule has 0 saturated carbocycles. The van der Waals surface area contributed by atoms with E-state index in [0.717, 1.165) is 5.56 Å². The number of nitrogens with two attached hydrogens (primary N) is 1. The van der Waals surface area contributed by atoms with Crippen LogP contribution in [-0.2, 0) is 0 Å². The second kappa shape index (κ2) is 4.97. The highest BCUT2D eigenvalue weighted by Crippen LogP contribution is 2.27. The van der Waals surface area contributed by atoms with Gasteiger partial charge in [-0.1, -0.05) is 6.07 Å². The van der Waals surface area contributed by atoms with E-state index in [0.29, 0.717) is 17.3 Å². The van der Waals surface area contributed by atoms with E-state index in [1.807, 2.05) is 14.0 Å². The number of aromatic nitrogens is 2. The van der Waals surface area contributed by atoms with Gasteiger partial charge in [-0.2, -0.15) is 0 Å². The molecular weight excluding hydrogens is 233 g/mol. The van der Waals surface area contributed by atoms with E-state index in [4.69, 9.17) is 5.84 Å². The molecule has 5 nitrogen and oxygen atoms in total. The summed E-state index contributed by atoms with van der Waals surface area (Å²) < 4.78 is 13.2. The Kier molecular flexibility index (Phi) is 3.38. The normalized spacial score (nSPS) is 10.2. The summed E-state index contributed by atoms with van der Waals surface area (Å²) in [7, 11) is 1.81. The first-order valence-electron chi connectivity index (χ1n) is 5.41. The van der Waals surface area contributed by atoms with E-state index < -0.39 is 0 Å². The Balaban J connectivity index is 2.43. The van der Waals surface area contributed by atoms with Crippen LogP contribution in [0.1, 0.15) is 5.56 Å². The highest BCUT2D eigenvalue weighted by Gasteiger charge is 2.12. The molecule has 0 aliphatic carbocycles. The second-order valence-corrected chi connectivity index (χ2v) is 3.85. The molecule has 0 saturated heterocycles. The van der Waals surface area contributed by atoms with Crippen molar-refractivity contribution in [1.82, 2.24) is 9.97 Å². The van der Waals surface area contributed by atoms with Crippen molar-refractivity contribution >= 4 is 17.3 Å². The minimum Gasteiger partial charge on any atom is -0.329 e. The van der Waals surface area contributed by atoms with E-state index in [2.05, 4.69) is 15.4 Å². The molecule has 0 atom stereocenters. The minimum absolute atomic E-state index is 0.289. The molecule has 18 heavy (non-hydrogen) atoms. The van der Waals surface area contributed by atoms with Crippen LogP contribution in [0.25, 0.3) is 0 Å². The Bertz CT molecular complexity index is 558. The SMILES string of the molecule is Cc1c(NN)ncnc1N(C)c1cccc(F)c1. The number of hydrogen-bond donors (Lipinski definition) is 2. The van der Waals surface area contributed by atoms with Gasteiger partial charge < -0.3 is 10.3 Å². The number of nitrogens with zero attached hydrogens (tertiary/aromatic N) is 3. The smallest absolute Gasteiger partial charge is 0.148 e. The average molecular weight is 247 g/mol. The van der Waals surface area contributed by atoms with Gasteiger partial charge in [-0.25, -0.2) is 20.2 Å². The Hall–Kier alpha value is -2.21. The summed E-state index contributed by atoms with van der Waals surface area (Å²) in [6.45, 7) is 1.85. The maximum absolute atomic E-state index is 13.2. The summed E-state index contributed by atoms with van der Waals surface area (Å²) >= 11 is 0. The summed E-state index contributed by atoms with van der Waals surface area (Å²) in [5, 5.41) is 0. The maximum Gasteiger partial charge on any atom is 0.148 e. The Morgan fingerprint density at radius 2 is 2.11 bits per heavy atom. The molecule has 1 aromatic heterocycles. The minimum atomic E-state index is -0.289. The number of hydrazine groups is 1. The van der Waals surface area contributed by atoms with Crippen molar-refractivity contribution in [1.29, 1.82) is 0 Å². The molecule has 0 radical (unpaired) electrons. The van der Waals surface area contributed by atoms with Crippen molar-refractivity contribution < 1.29 is 4.39 Å². The third-order valence-electron chi connectivity index (χ3n) is 2.71. The number of nitrogens with one attached hydrogen (secondary N) is 1. The summed E-state index contributed by atoms with van der Waals surface area (Å²) in [4.78, 5) is 9.97. The van der Waals surface area contributed by atoms with Gasteiger partial charge in [0, 0.05) is 18.3 Å². The first-order valence-corrected chi connectivity index (χ1v) is 5.41. The van der Waals surface area contributed by atoms with Gasteiger partial charge in [-0.05, 0) is 25.1 Å². The highest BCUT2D eigenvalue weighted by atomic mass is 19.1. The monoisotopic (exact) mass is 247 g/mol. The number of nitrogen functional groups attached to an aromatic ring is 1. The molecule has 0 bridgehead atoms. The molecule has 0 aliphatic heterocycles. The predicted octanol–water partition coefficient (Wildman–Crippen LogP) is 1.98. The summed E-state index contributed by atoms with van der Waals surface area (Å²) in [6, 6.07) is 6.30. The van der Waals surface area contributed by atoms with Crippen molar-refractivity contribution in [2.75, 3.05) is 17.4 Å². The molecule has 0 amide bonds. The van der Waals surface area contributed by atoms with Crippen LogP contribution in [0.4, 0.5) is 21.7 Å². The number of hydrogen-bond acceptors (Lipinski definition) is 5. The molecule has 2 aromatic rings. The van der Waals surface area contributed by atoms with Gasteiger partial charge in [0.15, 0.2) is 0 Å². The van der Waals surface area contributed by atoms with Crippen LogP contribution in [0.15, 0.2) is 30.6 Å². The number of halogens is 1. The first kappa shape index (κ1) is 12.3. The standard InChI is InChI=1S/C12H14FN5/c1-8-11(17-14)15-7-16-12(8)18(2)10-5-3-4-9(13)6-10/h3-7H,14H2,1-2H3,(H,15,16,17). The Morgan fingerprint density at radius 3 is 2.78 bits per heavy atom. The fourth-order valence-electron chi connectivity index (χ4n) is 1.73. The van der Waals surface area contributed by atoms with Gasteiger partial charge in [0.1, 0.15) is 23.8 Å². The lowest BCUT2D eigenvalue weighted by molar-refractivity contribution is 0.628. The Labute approximate surface area is 104 Å². The second-order valence-electron chi connectivity index (χ2n) is 3.85. The molecule has 6 heteroatoms. The lowest BCUT2D eigenvalue weighted by Crippen LogP contribution is -2.16. The van der Waals surface area contributed by atoms with Crippen molar-refractivity contribution in [3.8, 4) is 0 Å². The van der Waals surface area contributed by atoms with Crippen LogP contribution >= 0.6 is 0 Å². The van der Waals surface area contributed by atoms with Crippen LogP contribution in [0.5, 0.6) is 0 Å². The van der Waals surface area contributed by atoms with Crippen molar-refractivity contribution in [2.45, 2.75) is 6.92 Å². The quantitative estimate of drug-likeness (QED) is 0.641. The van der Waals surface area contributed by atoms with Gasteiger partial charge in [0.25, 0.3) is 0 Å². The van der Waals surface area contributed by atoms with Crippen molar-refractivity contribution in [2.24, 2.45) is 5.84 Å². The zero-order chi connectivity index (χ0) is 13.1. The van der Waals surface area contributed by atoms with Gasteiger partial charge in [0.05, 0.1) is 0 Å². The van der Waals surface area contributed by atoms with Gasteiger partial charge in [-0.3, -0.25) is 0 Å². The fourth-order valence-corrected chi connectivity index (χ4v) is 1.73. The topological polar surface area (TPSA) is 67.1 Å². The van der Waals surface area contributed by atoms with Crippen LogP contribution < -0.4 is 16.2 Å². The number of rotatable bonds is 3. The van der Waals surface area contributed by atoms with E-state index in [-0.39, 0.29) is 5.82 Å². The molecule has 2 rings (SSSR count). The molecule has 0 aliphatic rings. The first-order chi connectivity index (χ1) is 8.63. The summed E-state index contributed by atoms with van der Waals surface area (Å²) in [5.74, 6) is 6.29. The molecule has 1 heterocycles. The predicted molar refractivity (Wildman–Crippen MR) is 69.0 cm³/mol. The number of benzene rings is 1. The highest BCUT2D eigenvalue weighted by molar-refractivity contribution is 5.66. The Morgan fingerprint density at radius 1 is 1.33 bits per heavy atom.